The van der Waals surface area contributed by atoms with E-state index in [4.69, 9.17) is 18.9 Å². The van der Waals surface area contributed by atoms with Gasteiger partial charge in [-0.1, -0.05) is 53.1 Å². The molecular formula is C26H38NO4P. The Morgan fingerprint density at radius 3 is 2.41 bits per heavy atom. The van der Waals surface area contributed by atoms with Crippen LogP contribution in [0.15, 0.2) is 36.4 Å². The number of benzene rings is 2. The Hall–Kier alpha value is -1.81. The zero-order valence-electron chi connectivity index (χ0n) is 20.2. The summed E-state index contributed by atoms with van der Waals surface area (Å²) in [7, 11) is 5.57. The predicted molar refractivity (Wildman–Crippen MR) is 133 cm³/mol. The van der Waals surface area contributed by atoms with Crippen LogP contribution < -0.4 is 19.5 Å². The van der Waals surface area contributed by atoms with E-state index in [0.29, 0.717) is 14.3 Å². The number of nitrogens with zero attached hydrogens (tertiary/aromatic N) is 1. The molecular weight excluding hydrogens is 421 g/mol. The fourth-order valence-corrected chi connectivity index (χ4v) is 5.90. The number of likely N-dealkylation sites (tertiary alicyclic amines) is 1. The van der Waals surface area contributed by atoms with Crippen molar-refractivity contribution in [2.75, 3.05) is 41.2 Å². The Morgan fingerprint density at radius 2 is 1.75 bits per heavy atom. The molecule has 1 saturated heterocycles. The summed E-state index contributed by atoms with van der Waals surface area (Å²) >= 11 is 0. The van der Waals surface area contributed by atoms with Crippen LogP contribution in [0.3, 0.4) is 0 Å². The van der Waals surface area contributed by atoms with Crippen molar-refractivity contribution in [2.45, 2.75) is 51.2 Å². The van der Waals surface area contributed by atoms with Gasteiger partial charge in [0, 0.05) is 30.4 Å². The van der Waals surface area contributed by atoms with E-state index in [-0.39, 0.29) is 11.9 Å². The molecule has 1 heterocycles. The predicted octanol–water partition coefficient (Wildman–Crippen LogP) is 5.30. The largest absolute Gasteiger partial charge is 0.497 e. The second-order valence-electron chi connectivity index (χ2n) is 8.56. The van der Waals surface area contributed by atoms with Gasteiger partial charge in [-0.05, 0) is 49.3 Å². The van der Waals surface area contributed by atoms with Gasteiger partial charge in [0.2, 0.25) is 0 Å². The van der Waals surface area contributed by atoms with Gasteiger partial charge < -0.3 is 18.9 Å². The molecule has 6 heteroatoms. The molecule has 176 valence electrons. The lowest BCUT2D eigenvalue weighted by Crippen LogP contribution is -2.31. The fraction of sp³-hybridized carbons (Fsp3) is 0.538. The molecule has 32 heavy (non-hydrogen) atoms. The molecule has 0 N–H and O–H groups in total. The second kappa shape index (κ2) is 11.9. The minimum absolute atomic E-state index is 0.136. The van der Waals surface area contributed by atoms with E-state index in [1.54, 1.807) is 21.3 Å². The topological polar surface area (TPSA) is 40.2 Å². The molecule has 2 aromatic rings. The van der Waals surface area contributed by atoms with Crippen LogP contribution in [0.2, 0.25) is 0 Å². The first-order valence-corrected chi connectivity index (χ1v) is 12.5. The van der Waals surface area contributed by atoms with Gasteiger partial charge in [-0.3, -0.25) is 4.90 Å². The number of hydrogen-bond acceptors (Lipinski definition) is 5. The Balaban J connectivity index is 1.98. The van der Waals surface area contributed by atoms with Gasteiger partial charge >= 0.3 is 0 Å². The molecule has 0 saturated carbocycles. The maximum absolute atomic E-state index is 6.04. The summed E-state index contributed by atoms with van der Waals surface area (Å²) in [6, 6.07) is 12.9. The van der Waals surface area contributed by atoms with E-state index >= 15 is 0 Å². The third-order valence-electron chi connectivity index (χ3n) is 6.38. The Bertz CT molecular complexity index is 869. The van der Waals surface area contributed by atoms with Gasteiger partial charge in [0.15, 0.2) is 18.3 Å². The van der Waals surface area contributed by atoms with Crippen LogP contribution in [0.4, 0.5) is 0 Å². The van der Waals surface area contributed by atoms with E-state index in [2.05, 4.69) is 49.1 Å². The smallest absolute Gasteiger partial charge is 0.188 e. The van der Waals surface area contributed by atoms with Crippen molar-refractivity contribution in [2.24, 2.45) is 0 Å². The molecule has 2 atom stereocenters. The van der Waals surface area contributed by atoms with E-state index < -0.39 is 0 Å². The van der Waals surface area contributed by atoms with Crippen LogP contribution in [-0.4, -0.2) is 46.1 Å². The maximum atomic E-state index is 6.04. The van der Waals surface area contributed by atoms with Crippen molar-refractivity contribution >= 4 is 13.9 Å². The number of piperidine rings is 1. The zero-order valence-corrected chi connectivity index (χ0v) is 21.2. The number of methoxy groups -OCH3 is 3. The molecule has 1 aliphatic rings. The Labute approximate surface area is 195 Å². The molecule has 0 aromatic heterocycles. The molecule has 0 bridgehead atoms. The standard InChI is InChI=1S/C26H38NO4P/c1-6-26(2,22-16-21(29-4)17-23(30-5)25(22)31-19-28-3)32-24-13-9-8-12-20(24)18-27-14-10-7-11-15-27/h8-9,12-13,16-17,32H,6-7,10-11,14-15,18-19H2,1-5H3. The van der Waals surface area contributed by atoms with Gasteiger partial charge in [-0.15, -0.1) is 0 Å². The van der Waals surface area contributed by atoms with Crippen molar-refractivity contribution in [3.8, 4) is 17.2 Å². The molecule has 0 radical (unpaired) electrons. The average Bonchev–Trinajstić information content (AvgIpc) is 2.84. The van der Waals surface area contributed by atoms with Crippen LogP contribution >= 0.6 is 8.58 Å². The highest BCUT2D eigenvalue weighted by Gasteiger charge is 2.32. The SMILES string of the molecule is CCC(C)(Pc1ccccc1CN1CCCCC1)c1cc(OC)cc(OC)c1OCOC. The summed E-state index contributed by atoms with van der Waals surface area (Å²) < 4.78 is 22.5. The van der Waals surface area contributed by atoms with Crippen LogP contribution in [-0.2, 0) is 16.4 Å². The lowest BCUT2D eigenvalue weighted by Gasteiger charge is -2.33. The summed E-state index contributed by atoms with van der Waals surface area (Å²) in [5, 5.41) is 1.28. The fourth-order valence-electron chi connectivity index (χ4n) is 4.30. The highest BCUT2D eigenvalue weighted by atomic mass is 31.1. The van der Waals surface area contributed by atoms with E-state index in [0.717, 1.165) is 30.0 Å². The zero-order chi connectivity index (χ0) is 23.0. The van der Waals surface area contributed by atoms with Crippen molar-refractivity contribution < 1.29 is 18.9 Å². The highest BCUT2D eigenvalue weighted by Crippen LogP contribution is 2.51. The van der Waals surface area contributed by atoms with E-state index in [1.165, 1.54) is 43.2 Å². The van der Waals surface area contributed by atoms with Crippen LogP contribution in [0, 0.1) is 0 Å². The monoisotopic (exact) mass is 459 g/mol. The quantitative estimate of drug-likeness (QED) is 0.337. The van der Waals surface area contributed by atoms with Gasteiger partial charge in [-0.25, -0.2) is 0 Å². The molecule has 3 rings (SSSR count). The average molecular weight is 460 g/mol. The van der Waals surface area contributed by atoms with Crippen LogP contribution in [0.1, 0.15) is 50.7 Å². The van der Waals surface area contributed by atoms with Gasteiger partial charge in [0.05, 0.1) is 14.2 Å². The van der Waals surface area contributed by atoms with Crippen molar-refractivity contribution in [3.05, 3.63) is 47.5 Å². The lowest BCUT2D eigenvalue weighted by atomic mass is 9.95. The number of hydrogen-bond donors (Lipinski definition) is 0. The number of ether oxygens (including phenoxy) is 4. The normalized spacial score (nSPS) is 16.8. The van der Waals surface area contributed by atoms with Crippen molar-refractivity contribution in [1.29, 1.82) is 0 Å². The summed E-state index contributed by atoms with van der Waals surface area (Å²) in [4.78, 5) is 2.60. The van der Waals surface area contributed by atoms with Crippen molar-refractivity contribution in [1.82, 2.24) is 4.90 Å². The molecule has 0 aliphatic carbocycles. The summed E-state index contributed by atoms with van der Waals surface area (Å²) in [6.45, 7) is 8.15. The third kappa shape index (κ3) is 5.95. The van der Waals surface area contributed by atoms with E-state index in [1.807, 2.05) is 6.07 Å². The Kier molecular flexibility index (Phi) is 9.22. The first kappa shape index (κ1) is 24.8. The van der Waals surface area contributed by atoms with Gasteiger partial charge in [-0.2, -0.15) is 0 Å². The molecule has 1 aliphatic heterocycles. The molecule has 5 nitrogen and oxygen atoms in total. The minimum Gasteiger partial charge on any atom is -0.497 e. The summed E-state index contributed by atoms with van der Waals surface area (Å²) in [5.74, 6) is 2.18. The Morgan fingerprint density at radius 1 is 1.00 bits per heavy atom. The molecule has 0 spiro atoms. The highest BCUT2D eigenvalue weighted by molar-refractivity contribution is 7.48. The maximum Gasteiger partial charge on any atom is 0.188 e. The third-order valence-corrected chi connectivity index (χ3v) is 8.31. The number of rotatable bonds is 11. The molecule has 1 fully saturated rings. The van der Waals surface area contributed by atoms with Crippen LogP contribution in [0.5, 0.6) is 17.2 Å². The van der Waals surface area contributed by atoms with Crippen LogP contribution in [0.25, 0.3) is 0 Å². The molecule has 0 amide bonds. The second-order valence-corrected chi connectivity index (χ2v) is 10.5. The minimum atomic E-state index is -0.136. The van der Waals surface area contributed by atoms with Gasteiger partial charge in [0.25, 0.3) is 0 Å². The van der Waals surface area contributed by atoms with Gasteiger partial charge in [0.1, 0.15) is 5.75 Å². The lowest BCUT2D eigenvalue weighted by molar-refractivity contribution is 0.0479. The van der Waals surface area contributed by atoms with E-state index in [9.17, 15) is 0 Å². The first-order valence-electron chi connectivity index (χ1n) is 11.5. The van der Waals surface area contributed by atoms with Crippen molar-refractivity contribution in [3.63, 3.8) is 0 Å². The summed E-state index contributed by atoms with van der Waals surface area (Å²) in [6.07, 6.45) is 4.93. The molecule has 2 unspecified atom stereocenters. The first-order chi connectivity index (χ1) is 15.5. The molecule has 2 aromatic carbocycles. The summed E-state index contributed by atoms with van der Waals surface area (Å²) in [5.41, 5.74) is 2.53.